The normalized spacial score (nSPS) is 18.4. The molecule has 0 unspecified atom stereocenters. The molecule has 11 heteroatoms. The van der Waals surface area contributed by atoms with Crippen molar-refractivity contribution in [3.63, 3.8) is 0 Å². The van der Waals surface area contributed by atoms with E-state index >= 15 is 0 Å². The lowest BCUT2D eigenvalue weighted by Crippen LogP contribution is -2.46. The van der Waals surface area contributed by atoms with Gasteiger partial charge in [0.1, 0.15) is 6.54 Å². The summed E-state index contributed by atoms with van der Waals surface area (Å²) in [6.45, 7) is 3.88. The Labute approximate surface area is 243 Å². The second-order valence-corrected chi connectivity index (χ2v) is 10.7. The molecule has 3 aliphatic rings. The highest BCUT2D eigenvalue weighted by Gasteiger charge is 2.36. The summed E-state index contributed by atoms with van der Waals surface area (Å²) in [6.07, 6.45) is 2.48. The largest absolute Gasteiger partial charge is 0.454 e. The molecule has 0 saturated carbocycles. The molecule has 4 heterocycles. The fourth-order valence-corrected chi connectivity index (χ4v) is 5.63. The van der Waals surface area contributed by atoms with Crippen LogP contribution < -0.4 is 9.47 Å². The predicted molar refractivity (Wildman–Crippen MR) is 153 cm³/mol. The minimum absolute atomic E-state index is 0.140. The van der Waals surface area contributed by atoms with Crippen LogP contribution in [0.5, 0.6) is 11.5 Å². The van der Waals surface area contributed by atoms with E-state index in [0.717, 1.165) is 30.1 Å². The van der Waals surface area contributed by atoms with E-state index < -0.39 is 0 Å². The number of hydrogen-bond acceptors (Lipinski definition) is 7. The van der Waals surface area contributed by atoms with Gasteiger partial charge < -0.3 is 23.7 Å². The molecule has 6 rings (SSSR count). The maximum atomic E-state index is 14.0. The third-order valence-electron chi connectivity index (χ3n) is 7.69. The molecule has 0 radical (unpaired) electrons. The number of hydrazone groups is 1. The van der Waals surface area contributed by atoms with Gasteiger partial charge in [0.2, 0.25) is 6.79 Å². The highest BCUT2D eigenvalue weighted by Crippen LogP contribution is 2.39. The molecule has 1 fully saturated rings. The second kappa shape index (κ2) is 11.9. The highest BCUT2D eigenvalue weighted by molar-refractivity contribution is 6.33. The molecule has 1 aromatic heterocycles. The topological polar surface area (TPSA) is 88.8 Å². The molecule has 2 amide bonds. The van der Waals surface area contributed by atoms with Gasteiger partial charge in [-0.25, -0.2) is 5.01 Å². The first-order valence-electron chi connectivity index (χ1n) is 13.7. The first-order valence-corrected chi connectivity index (χ1v) is 14.1. The summed E-state index contributed by atoms with van der Waals surface area (Å²) >= 11 is 6.40. The molecule has 0 N–H and O–H groups in total. The molecule has 3 aliphatic heterocycles. The number of benzene rings is 2. The molecular formula is C30H32ClN5O5. The lowest BCUT2D eigenvalue weighted by molar-refractivity contribution is -0.133. The molecular weight excluding hydrogens is 546 g/mol. The van der Waals surface area contributed by atoms with Crippen molar-refractivity contribution in [2.45, 2.75) is 12.5 Å². The SMILES string of the molecule is Cn1cccc1C1=NN(C(=O)CN(CCN2CCOCC2)C(=O)c2ccccc2Cl)[C@@H](c2ccc3c(c2)OCO3)C1. The highest BCUT2D eigenvalue weighted by atomic mass is 35.5. The van der Waals surface area contributed by atoms with Crippen molar-refractivity contribution in [2.24, 2.45) is 12.1 Å². The van der Waals surface area contributed by atoms with Crippen LogP contribution in [0.15, 0.2) is 65.9 Å². The number of ether oxygens (including phenoxy) is 3. The second-order valence-electron chi connectivity index (χ2n) is 10.3. The number of nitrogens with zero attached hydrogens (tertiary/aromatic N) is 5. The zero-order valence-electron chi connectivity index (χ0n) is 22.9. The van der Waals surface area contributed by atoms with Crippen molar-refractivity contribution in [1.82, 2.24) is 19.4 Å². The van der Waals surface area contributed by atoms with Crippen LogP contribution >= 0.6 is 11.6 Å². The van der Waals surface area contributed by atoms with Crippen LogP contribution in [-0.2, 0) is 16.6 Å². The van der Waals surface area contributed by atoms with Gasteiger partial charge in [0.25, 0.3) is 11.8 Å². The Kier molecular flexibility index (Phi) is 7.95. The van der Waals surface area contributed by atoms with Gasteiger partial charge in [0.15, 0.2) is 11.5 Å². The van der Waals surface area contributed by atoms with Crippen LogP contribution in [0.1, 0.15) is 34.1 Å². The van der Waals surface area contributed by atoms with Crippen LogP contribution in [0, 0.1) is 0 Å². The summed E-state index contributed by atoms with van der Waals surface area (Å²) in [4.78, 5) is 31.6. The van der Waals surface area contributed by atoms with E-state index in [-0.39, 0.29) is 31.2 Å². The van der Waals surface area contributed by atoms with E-state index in [0.29, 0.717) is 54.8 Å². The summed E-state index contributed by atoms with van der Waals surface area (Å²) in [6, 6.07) is 16.2. The monoisotopic (exact) mass is 577 g/mol. The van der Waals surface area contributed by atoms with E-state index in [1.54, 1.807) is 29.2 Å². The standard InChI is InChI=1S/C30H32ClN5O5/c1-33-10-4-7-25(33)24-18-26(21-8-9-27-28(17-21)41-20-40-27)36(32-24)29(37)19-35(12-11-34-13-15-39-16-14-34)30(38)22-5-2-3-6-23(22)31/h2-10,17,26H,11-16,18-20H2,1H3/t26-/m1/s1. The third kappa shape index (κ3) is 5.81. The maximum absolute atomic E-state index is 14.0. The smallest absolute Gasteiger partial charge is 0.262 e. The Bertz CT molecular complexity index is 1470. The molecule has 3 aromatic rings. The molecule has 0 aliphatic carbocycles. The number of amides is 2. The molecule has 1 atom stereocenters. The number of carbonyl (C=O) groups is 2. The van der Waals surface area contributed by atoms with Gasteiger partial charge in [-0.2, -0.15) is 5.10 Å². The Hall–Kier alpha value is -3.86. The molecule has 41 heavy (non-hydrogen) atoms. The number of carbonyl (C=O) groups excluding carboxylic acids is 2. The van der Waals surface area contributed by atoms with E-state index in [2.05, 4.69) is 4.90 Å². The van der Waals surface area contributed by atoms with E-state index in [1.807, 2.05) is 48.1 Å². The lowest BCUT2D eigenvalue weighted by atomic mass is 10.00. The lowest BCUT2D eigenvalue weighted by Gasteiger charge is -2.31. The molecule has 0 spiro atoms. The Balaban J connectivity index is 1.28. The van der Waals surface area contributed by atoms with E-state index in [9.17, 15) is 9.59 Å². The van der Waals surface area contributed by atoms with Crippen molar-refractivity contribution in [3.05, 3.63) is 82.6 Å². The molecule has 0 bridgehead atoms. The average molecular weight is 578 g/mol. The minimum atomic E-state index is -0.363. The molecule has 10 nitrogen and oxygen atoms in total. The Morgan fingerprint density at radius 3 is 2.63 bits per heavy atom. The first-order chi connectivity index (χ1) is 20.0. The van der Waals surface area contributed by atoms with Crippen LogP contribution in [-0.4, -0.2) is 89.6 Å². The number of halogens is 1. The average Bonchev–Trinajstić information content (AvgIpc) is 3.74. The number of aryl methyl sites for hydroxylation is 1. The van der Waals surface area contributed by atoms with Crippen LogP contribution in [0.3, 0.4) is 0 Å². The fraction of sp³-hybridized carbons (Fsp3) is 0.367. The van der Waals surface area contributed by atoms with Crippen molar-refractivity contribution in [1.29, 1.82) is 0 Å². The Morgan fingerprint density at radius 1 is 1.05 bits per heavy atom. The zero-order chi connectivity index (χ0) is 28.3. The number of aromatic nitrogens is 1. The third-order valence-corrected chi connectivity index (χ3v) is 8.02. The van der Waals surface area contributed by atoms with Crippen LogP contribution in [0.4, 0.5) is 0 Å². The number of hydrogen-bond donors (Lipinski definition) is 0. The predicted octanol–water partition coefficient (Wildman–Crippen LogP) is 3.56. The summed E-state index contributed by atoms with van der Waals surface area (Å²) in [7, 11) is 1.95. The van der Waals surface area contributed by atoms with Gasteiger partial charge >= 0.3 is 0 Å². The molecule has 1 saturated heterocycles. The van der Waals surface area contributed by atoms with Gasteiger partial charge in [-0.05, 0) is 42.0 Å². The molecule has 2 aromatic carbocycles. The van der Waals surface area contributed by atoms with Gasteiger partial charge in [-0.15, -0.1) is 0 Å². The zero-order valence-corrected chi connectivity index (χ0v) is 23.6. The van der Waals surface area contributed by atoms with Crippen LogP contribution in [0.2, 0.25) is 5.02 Å². The van der Waals surface area contributed by atoms with Crippen molar-refractivity contribution in [2.75, 3.05) is 52.7 Å². The van der Waals surface area contributed by atoms with Crippen LogP contribution in [0.25, 0.3) is 0 Å². The minimum Gasteiger partial charge on any atom is -0.454 e. The first kappa shape index (κ1) is 27.3. The quantitative estimate of drug-likeness (QED) is 0.407. The number of fused-ring (bicyclic) bond motifs is 1. The summed E-state index contributed by atoms with van der Waals surface area (Å²) in [5.74, 6) is 0.748. The van der Waals surface area contributed by atoms with Gasteiger partial charge in [0, 0.05) is 45.8 Å². The van der Waals surface area contributed by atoms with Crippen molar-refractivity contribution in [3.8, 4) is 11.5 Å². The van der Waals surface area contributed by atoms with Gasteiger partial charge in [-0.1, -0.05) is 29.8 Å². The fourth-order valence-electron chi connectivity index (χ4n) is 5.42. The molecule has 214 valence electrons. The summed E-state index contributed by atoms with van der Waals surface area (Å²) in [5.41, 5.74) is 2.98. The number of rotatable bonds is 8. The Morgan fingerprint density at radius 2 is 1.85 bits per heavy atom. The van der Waals surface area contributed by atoms with E-state index in [1.165, 1.54) is 5.01 Å². The van der Waals surface area contributed by atoms with E-state index in [4.69, 9.17) is 30.9 Å². The van der Waals surface area contributed by atoms with Crippen molar-refractivity contribution < 1.29 is 23.8 Å². The maximum Gasteiger partial charge on any atom is 0.262 e. The summed E-state index contributed by atoms with van der Waals surface area (Å²) in [5, 5.41) is 6.68. The van der Waals surface area contributed by atoms with Crippen molar-refractivity contribution >= 4 is 29.1 Å². The summed E-state index contributed by atoms with van der Waals surface area (Å²) < 4.78 is 18.6. The van der Waals surface area contributed by atoms with Gasteiger partial charge in [0.05, 0.1) is 41.2 Å². The van der Waals surface area contributed by atoms with Gasteiger partial charge in [-0.3, -0.25) is 14.5 Å². The number of morpholine rings is 1.